The van der Waals surface area contributed by atoms with Gasteiger partial charge in [-0.25, -0.2) is 4.79 Å². The highest BCUT2D eigenvalue weighted by Crippen LogP contribution is 2.24. The molecule has 0 saturated carbocycles. The molecule has 0 aliphatic carbocycles. The second-order valence-corrected chi connectivity index (χ2v) is 6.73. The van der Waals surface area contributed by atoms with Crippen LogP contribution in [0.3, 0.4) is 0 Å². The first-order valence-electron chi connectivity index (χ1n) is 7.06. The highest BCUT2D eigenvalue weighted by molar-refractivity contribution is 5.68. The van der Waals surface area contributed by atoms with Gasteiger partial charge in [0.2, 0.25) is 0 Å². The Hall–Kier alpha value is -2.02. The zero-order valence-electron chi connectivity index (χ0n) is 13.7. The molecule has 4 heteroatoms. The molecule has 0 unspecified atom stereocenters. The highest BCUT2D eigenvalue weighted by Gasteiger charge is 2.21. The Morgan fingerprint density at radius 3 is 2.14 bits per heavy atom. The Kier molecular flexibility index (Phi) is 5.01. The van der Waals surface area contributed by atoms with Gasteiger partial charge in [0.05, 0.1) is 17.5 Å². The van der Waals surface area contributed by atoms with E-state index in [9.17, 15) is 4.79 Å². The van der Waals surface area contributed by atoms with Crippen LogP contribution in [0.1, 0.15) is 58.7 Å². The van der Waals surface area contributed by atoms with Crippen LogP contribution in [0.5, 0.6) is 0 Å². The van der Waals surface area contributed by atoms with E-state index in [1.54, 1.807) is 0 Å². The number of rotatable bonds is 3. The molecule has 4 nitrogen and oxygen atoms in total. The third-order valence-corrected chi connectivity index (χ3v) is 3.15. The van der Waals surface area contributed by atoms with E-state index in [1.807, 2.05) is 65.8 Å². The van der Waals surface area contributed by atoms with Gasteiger partial charge in [0.25, 0.3) is 0 Å². The van der Waals surface area contributed by atoms with Crippen LogP contribution in [-0.4, -0.2) is 11.7 Å². The van der Waals surface area contributed by atoms with Gasteiger partial charge in [-0.3, -0.25) is 0 Å². The van der Waals surface area contributed by atoms with Crippen molar-refractivity contribution in [2.24, 2.45) is 0 Å². The topological polar surface area (TPSA) is 62.1 Å². The van der Waals surface area contributed by atoms with Crippen molar-refractivity contribution in [1.29, 1.82) is 5.26 Å². The number of amides is 1. The van der Waals surface area contributed by atoms with Crippen molar-refractivity contribution >= 4 is 6.09 Å². The van der Waals surface area contributed by atoms with E-state index in [0.29, 0.717) is 0 Å². The SMILES string of the molecule is C[C@H](NC(=O)OC(C)(C)C)c1ccc(C(C)(C)C#N)cc1. The summed E-state index contributed by atoms with van der Waals surface area (Å²) in [6.07, 6.45) is -0.434. The first kappa shape index (κ1) is 17.0. The van der Waals surface area contributed by atoms with Gasteiger partial charge in [0.1, 0.15) is 5.60 Å². The molecule has 21 heavy (non-hydrogen) atoms. The minimum absolute atomic E-state index is 0.154. The monoisotopic (exact) mass is 288 g/mol. The summed E-state index contributed by atoms with van der Waals surface area (Å²) < 4.78 is 5.23. The number of carbonyl (C=O) groups excluding carboxylic acids is 1. The van der Waals surface area contributed by atoms with Crippen LogP contribution >= 0.6 is 0 Å². The number of nitrogens with one attached hydrogen (secondary N) is 1. The number of nitrogens with zero attached hydrogens (tertiary/aromatic N) is 1. The van der Waals surface area contributed by atoms with Crippen molar-refractivity contribution in [3.8, 4) is 6.07 Å². The summed E-state index contributed by atoms with van der Waals surface area (Å²) in [5.74, 6) is 0. The molecule has 1 aromatic carbocycles. The Balaban J connectivity index is 2.75. The number of benzene rings is 1. The van der Waals surface area contributed by atoms with Gasteiger partial charge in [-0.2, -0.15) is 5.26 Å². The molecule has 0 radical (unpaired) electrons. The summed E-state index contributed by atoms with van der Waals surface area (Å²) >= 11 is 0. The van der Waals surface area contributed by atoms with Crippen molar-refractivity contribution in [3.05, 3.63) is 35.4 Å². The summed E-state index contributed by atoms with van der Waals surface area (Å²) in [5.41, 5.74) is 0.904. The molecule has 0 saturated heterocycles. The lowest BCUT2D eigenvalue weighted by Crippen LogP contribution is -2.34. The van der Waals surface area contributed by atoms with Gasteiger partial charge in [-0.1, -0.05) is 24.3 Å². The molecule has 1 amide bonds. The van der Waals surface area contributed by atoms with Crippen molar-refractivity contribution < 1.29 is 9.53 Å². The molecule has 1 N–H and O–H groups in total. The maximum atomic E-state index is 11.7. The predicted octanol–water partition coefficient (Wildman–Crippen LogP) is 4.07. The molecule has 0 aliphatic heterocycles. The molecule has 1 atom stereocenters. The van der Waals surface area contributed by atoms with Crippen LogP contribution in [0, 0.1) is 11.3 Å². The van der Waals surface area contributed by atoms with Gasteiger partial charge in [-0.05, 0) is 52.7 Å². The van der Waals surface area contributed by atoms with E-state index in [0.717, 1.165) is 11.1 Å². The van der Waals surface area contributed by atoms with Crippen molar-refractivity contribution in [2.45, 2.75) is 58.6 Å². The van der Waals surface area contributed by atoms with Gasteiger partial charge >= 0.3 is 6.09 Å². The summed E-state index contributed by atoms with van der Waals surface area (Å²) in [5, 5.41) is 11.9. The number of carbonyl (C=O) groups is 1. The third kappa shape index (κ3) is 5.11. The van der Waals surface area contributed by atoms with Crippen molar-refractivity contribution in [2.75, 3.05) is 0 Å². The lowest BCUT2D eigenvalue weighted by molar-refractivity contribution is 0.0508. The van der Waals surface area contributed by atoms with E-state index < -0.39 is 17.1 Å². The van der Waals surface area contributed by atoms with E-state index in [-0.39, 0.29) is 6.04 Å². The summed E-state index contributed by atoms with van der Waals surface area (Å²) in [6.45, 7) is 11.1. The lowest BCUT2D eigenvalue weighted by atomic mass is 9.85. The van der Waals surface area contributed by atoms with Crippen LogP contribution in [-0.2, 0) is 10.2 Å². The van der Waals surface area contributed by atoms with Crippen molar-refractivity contribution in [3.63, 3.8) is 0 Å². The zero-order valence-corrected chi connectivity index (χ0v) is 13.7. The highest BCUT2D eigenvalue weighted by atomic mass is 16.6. The van der Waals surface area contributed by atoms with Crippen LogP contribution in [0.2, 0.25) is 0 Å². The van der Waals surface area contributed by atoms with E-state index >= 15 is 0 Å². The molecule has 0 spiro atoms. The second kappa shape index (κ2) is 6.17. The fourth-order valence-electron chi connectivity index (χ4n) is 1.82. The van der Waals surface area contributed by atoms with Crippen LogP contribution < -0.4 is 5.32 Å². The molecule has 0 aliphatic rings. The quantitative estimate of drug-likeness (QED) is 0.911. The van der Waals surface area contributed by atoms with Crippen LogP contribution in [0.4, 0.5) is 4.79 Å². The van der Waals surface area contributed by atoms with E-state index in [2.05, 4.69) is 11.4 Å². The van der Waals surface area contributed by atoms with Gasteiger partial charge in [-0.15, -0.1) is 0 Å². The third-order valence-electron chi connectivity index (χ3n) is 3.15. The fraction of sp³-hybridized carbons (Fsp3) is 0.529. The Morgan fingerprint density at radius 1 is 1.19 bits per heavy atom. The predicted molar refractivity (Wildman–Crippen MR) is 82.9 cm³/mol. The molecule has 0 bridgehead atoms. The molecule has 1 rings (SSSR count). The second-order valence-electron chi connectivity index (χ2n) is 6.73. The van der Waals surface area contributed by atoms with Crippen LogP contribution in [0.15, 0.2) is 24.3 Å². The number of alkyl carbamates (subject to hydrolysis) is 1. The van der Waals surface area contributed by atoms with Gasteiger partial charge in [0, 0.05) is 0 Å². The molecule has 0 aromatic heterocycles. The standard InChI is InChI=1S/C17H24N2O2/c1-12(19-15(20)21-16(2,3)4)13-7-9-14(10-8-13)17(5,6)11-18/h7-10,12H,1-6H3,(H,19,20)/t12-/m0/s1. The average molecular weight is 288 g/mol. The molecule has 0 heterocycles. The number of ether oxygens (including phenoxy) is 1. The maximum Gasteiger partial charge on any atom is 0.408 e. The molecule has 1 aromatic rings. The smallest absolute Gasteiger partial charge is 0.408 e. The molecular weight excluding hydrogens is 264 g/mol. The average Bonchev–Trinajstić information content (AvgIpc) is 2.36. The minimum Gasteiger partial charge on any atom is -0.444 e. The van der Waals surface area contributed by atoms with Gasteiger partial charge in [0.15, 0.2) is 0 Å². The number of hydrogen-bond donors (Lipinski definition) is 1. The van der Waals surface area contributed by atoms with Crippen LogP contribution in [0.25, 0.3) is 0 Å². The summed E-state index contributed by atoms with van der Waals surface area (Å²) in [7, 11) is 0. The Bertz CT molecular complexity index is 533. The largest absolute Gasteiger partial charge is 0.444 e. The molecular formula is C17H24N2O2. The number of nitriles is 1. The normalized spacial score (nSPS) is 13.2. The fourth-order valence-corrected chi connectivity index (χ4v) is 1.82. The first-order chi connectivity index (χ1) is 9.55. The molecule has 0 fully saturated rings. The minimum atomic E-state index is -0.514. The lowest BCUT2D eigenvalue weighted by Gasteiger charge is -2.22. The Morgan fingerprint density at radius 2 is 1.71 bits per heavy atom. The maximum absolute atomic E-state index is 11.7. The van der Waals surface area contributed by atoms with Gasteiger partial charge < -0.3 is 10.1 Å². The first-order valence-corrected chi connectivity index (χ1v) is 7.06. The van der Waals surface area contributed by atoms with E-state index in [4.69, 9.17) is 10.00 Å². The zero-order chi connectivity index (χ0) is 16.3. The van der Waals surface area contributed by atoms with E-state index in [1.165, 1.54) is 0 Å². The Labute approximate surface area is 127 Å². The summed E-state index contributed by atoms with van der Waals surface area (Å²) in [4.78, 5) is 11.7. The molecule has 114 valence electrons. The summed E-state index contributed by atoms with van der Waals surface area (Å²) in [6, 6.07) is 9.82. The number of hydrogen-bond acceptors (Lipinski definition) is 3. The van der Waals surface area contributed by atoms with Crippen molar-refractivity contribution in [1.82, 2.24) is 5.32 Å².